The molecule has 162 valence electrons. The molecule has 0 bridgehead atoms. The highest BCUT2D eigenvalue weighted by Crippen LogP contribution is 2.23. The molecule has 0 spiro atoms. The number of aromatic nitrogens is 4. The van der Waals surface area contributed by atoms with Crippen molar-refractivity contribution in [3.8, 4) is 16.9 Å². The van der Waals surface area contributed by atoms with E-state index in [-0.39, 0.29) is 11.3 Å². The third-order valence-corrected chi connectivity index (χ3v) is 6.17. The maximum atomic E-state index is 12.9. The molecule has 0 unspecified atom stereocenters. The summed E-state index contributed by atoms with van der Waals surface area (Å²) in [6.45, 7) is 5.59. The molecule has 32 heavy (non-hydrogen) atoms. The second-order valence-electron chi connectivity index (χ2n) is 8.52. The summed E-state index contributed by atoms with van der Waals surface area (Å²) in [6.07, 6.45) is 8.74. The van der Waals surface area contributed by atoms with E-state index < -0.39 is 5.41 Å². The lowest BCUT2D eigenvalue weighted by atomic mass is 9.91. The van der Waals surface area contributed by atoms with Gasteiger partial charge in [0.1, 0.15) is 10.4 Å². The summed E-state index contributed by atoms with van der Waals surface area (Å²) >= 11 is 1.30. The summed E-state index contributed by atoms with van der Waals surface area (Å²) in [5, 5.41) is 4.78. The summed E-state index contributed by atoms with van der Waals surface area (Å²) in [7, 11) is 1.69. The molecular weight excluding hydrogens is 420 g/mol. The van der Waals surface area contributed by atoms with Crippen molar-refractivity contribution in [3.05, 3.63) is 86.2 Å². The monoisotopic (exact) mass is 444 g/mol. The Hall–Kier alpha value is -3.58. The molecule has 3 heterocycles. The normalized spacial score (nSPS) is 13.0. The number of nitrogens with zero attached hydrogens (tertiary/aromatic N) is 4. The van der Waals surface area contributed by atoms with Gasteiger partial charge in [0, 0.05) is 48.3 Å². The van der Waals surface area contributed by atoms with Gasteiger partial charge in [0.25, 0.3) is 5.56 Å². The number of rotatable bonds is 4. The van der Waals surface area contributed by atoms with E-state index in [1.807, 2.05) is 75.5 Å². The molecule has 0 aliphatic rings. The van der Waals surface area contributed by atoms with Crippen LogP contribution in [-0.4, -0.2) is 25.1 Å². The number of benzene rings is 1. The molecule has 0 fully saturated rings. The Bertz CT molecular complexity index is 1440. The zero-order valence-electron chi connectivity index (χ0n) is 18.4. The molecule has 1 aromatic carbocycles. The number of pyridine rings is 1. The number of Topliss-reactive ketones (excluding diaryl/α,β-unsaturated/α-hetero) is 1. The number of hydrogen-bond acceptors (Lipinski definition) is 5. The van der Waals surface area contributed by atoms with Crippen LogP contribution < -0.4 is 14.8 Å². The summed E-state index contributed by atoms with van der Waals surface area (Å²) in [4.78, 5) is 29.5. The predicted octanol–water partition coefficient (Wildman–Crippen LogP) is 2.92. The molecule has 0 saturated heterocycles. The minimum Gasteiger partial charge on any atom is -0.302 e. The standard InChI is InChI=1S/C25H24N4O2S/c1-25(2,3)21(30)15-22-28(4)24(31)20(32-22)14-18-16-29(19-8-6-5-7-9-19)27-23(18)17-10-12-26-13-11-17/h5-16H,1-4H3/b20-14+,22-15-. The molecule has 0 atom stereocenters. The summed E-state index contributed by atoms with van der Waals surface area (Å²) in [5.74, 6) is -0.0183. The van der Waals surface area contributed by atoms with Crippen molar-refractivity contribution in [2.75, 3.05) is 0 Å². The van der Waals surface area contributed by atoms with Crippen LogP contribution in [0.3, 0.4) is 0 Å². The average molecular weight is 445 g/mol. The summed E-state index contributed by atoms with van der Waals surface area (Å²) in [6, 6.07) is 13.6. The Morgan fingerprint density at radius 1 is 1.06 bits per heavy atom. The van der Waals surface area contributed by atoms with Gasteiger partial charge < -0.3 is 4.57 Å². The van der Waals surface area contributed by atoms with Gasteiger partial charge in [0.2, 0.25) is 0 Å². The lowest BCUT2D eigenvalue weighted by molar-refractivity contribution is -0.120. The van der Waals surface area contributed by atoms with Crippen LogP contribution in [0, 0.1) is 5.41 Å². The van der Waals surface area contributed by atoms with Crippen molar-refractivity contribution in [2.45, 2.75) is 20.8 Å². The number of carbonyl (C=O) groups excluding carboxylic acids is 1. The zero-order chi connectivity index (χ0) is 22.9. The first-order chi connectivity index (χ1) is 15.2. The Morgan fingerprint density at radius 2 is 1.75 bits per heavy atom. The van der Waals surface area contributed by atoms with Crippen LogP contribution in [0.1, 0.15) is 26.3 Å². The van der Waals surface area contributed by atoms with E-state index in [9.17, 15) is 9.59 Å². The fraction of sp³-hybridized carbons (Fsp3) is 0.200. The van der Waals surface area contributed by atoms with Crippen molar-refractivity contribution in [2.24, 2.45) is 12.5 Å². The topological polar surface area (TPSA) is 69.8 Å². The lowest BCUT2D eigenvalue weighted by Gasteiger charge is -2.12. The molecule has 4 rings (SSSR count). The second-order valence-corrected chi connectivity index (χ2v) is 9.58. The first kappa shape index (κ1) is 21.6. The fourth-order valence-electron chi connectivity index (χ4n) is 3.12. The summed E-state index contributed by atoms with van der Waals surface area (Å²) < 4.78 is 4.49. The molecule has 4 aromatic rings. The second kappa shape index (κ2) is 8.51. The number of thiazole rings is 1. The minimum absolute atomic E-state index is 0.0183. The fourth-order valence-corrected chi connectivity index (χ4v) is 4.14. The van der Waals surface area contributed by atoms with E-state index >= 15 is 0 Å². The first-order valence-corrected chi connectivity index (χ1v) is 11.0. The maximum Gasteiger partial charge on any atom is 0.268 e. The number of para-hydroxylation sites is 1. The highest BCUT2D eigenvalue weighted by molar-refractivity contribution is 7.07. The molecular formula is C25H24N4O2S. The molecule has 0 radical (unpaired) electrons. The van der Waals surface area contributed by atoms with E-state index in [1.54, 1.807) is 30.2 Å². The van der Waals surface area contributed by atoms with Crippen molar-refractivity contribution in [1.29, 1.82) is 0 Å². The Kier molecular flexibility index (Phi) is 5.76. The van der Waals surface area contributed by atoms with Crippen molar-refractivity contribution in [1.82, 2.24) is 19.3 Å². The molecule has 6 nitrogen and oxygen atoms in total. The average Bonchev–Trinajstić information content (AvgIpc) is 3.31. The highest BCUT2D eigenvalue weighted by Gasteiger charge is 2.19. The van der Waals surface area contributed by atoms with E-state index in [0.29, 0.717) is 9.20 Å². The smallest absolute Gasteiger partial charge is 0.268 e. The quantitative estimate of drug-likeness (QED) is 0.485. The number of carbonyl (C=O) groups is 1. The SMILES string of the molecule is Cn1c(=O)/c(=C\c2cn(-c3ccccc3)nc2-c2ccncc2)s/c1=C\C(=O)C(C)(C)C. The van der Waals surface area contributed by atoms with Gasteiger partial charge >= 0.3 is 0 Å². The van der Waals surface area contributed by atoms with Crippen LogP contribution >= 0.6 is 11.3 Å². The van der Waals surface area contributed by atoms with Gasteiger partial charge in [-0.25, -0.2) is 4.68 Å². The van der Waals surface area contributed by atoms with E-state index in [0.717, 1.165) is 22.5 Å². The third-order valence-electron chi connectivity index (χ3n) is 5.06. The Balaban J connectivity index is 1.90. The molecule has 0 aliphatic carbocycles. The first-order valence-electron chi connectivity index (χ1n) is 10.2. The largest absolute Gasteiger partial charge is 0.302 e. The van der Waals surface area contributed by atoms with Gasteiger partial charge in [-0.2, -0.15) is 5.10 Å². The molecule has 7 heteroatoms. The van der Waals surface area contributed by atoms with Crippen molar-refractivity contribution < 1.29 is 4.79 Å². The number of ketones is 1. The van der Waals surface area contributed by atoms with E-state index in [1.165, 1.54) is 15.9 Å². The van der Waals surface area contributed by atoms with Crippen LogP contribution in [0.5, 0.6) is 0 Å². The predicted molar refractivity (Wildman–Crippen MR) is 128 cm³/mol. The molecule has 0 N–H and O–H groups in total. The van der Waals surface area contributed by atoms with Gasteiger partial charge in [-0.05, 0) is 30.3 Å². The Labute approximate surface area is 189 Å². The molecule has 3 aromatic heterocycles. The Morgan fingerprint density at radius 3 is 2.41 bits per heavy atom. The maximum absolute atomic E-state index is 12.9. The van der Waals surface area contributed by atoms with Crippen LogP contribution in [0.2, 0.25) is 0 Å². The molecule has 0 amide bonds. The van der Waals surface area contributed by atoms with Crippen LogP contribution in [0.4, 0.5) is 0 Å². The van der Waals surface area contributed by atoms with Gasteiger partial charge in [0.15, 0.2) is 5.78 Å². The summed E-state index contributed by atoms with van der Waals surface area (Å²) in [5.41, 5.74) is 2.75. The minimum atomic E-state index is -0.505. The van der Waals surface area contributed by atoms with E-state index in [2.05, 4.69) is 4.98 Å². The van der Waals surface area contributed by atoms with Gasteiger partial charge in [-0.1, -0.05) is 39.0 Å². The van der Waals surface area contributed by atoms with Gasteiger partial charge in [0.05, 0.1) is 10.2 Å². The molecule has 0 saturated carbocycles. The molecule has 0 aliphatic heterocycles. The number of hydrogen-bond donors (Lipinski definition) is 0. The van der Waals surface area contributed by atoms with Crippen LogP contribution in [0.15, 0.2) is 65.8 Å². The third kappa shape index (κ3) is 4.38. The van der Waals surface area contributed by atoms with Gasteiger partial charge in [-0.15, -0.1) is 11.3 Å². The van der Waals surface area contributed by atoms with Crippen molar-refractivity contribution >= 4 is 29.3 Å². The lowest BCUT2D eigenvalue weighted by Crippen LogP contribution is -2.30. The highest BCUT2D eigenvalue weighted by atomic mass is 32.1. The van der Waals surface area contributed by atoms with Crippen LogP contribution in [-0.2, 0) is 11.8 Å². The van der Waals surface area contributed by atoms with E-state index in [4.69, 9.17) is 5.10 Å². The van der Waals surface area contributed by atoms with Crippen LogP contribution in [0.25, 0.3) is 29.1 Å². The van der Waals surface area contributed by atoms with Gasteiger partial charge in [-0.3, -0.25) is 14.6 Å². The van der Waals surface area contributed by atoms with Crippen molar-refractivity contribution in [3.63, 3.8) is 0 Å². The zero-order valence-corrected chi connectivity index (χ0v) is 19.3.